The number of rotatable bonds is 6. The van der Waals surface area contributed by atoms with Crippen LogP contribution in [0.3, 0.4) is 0 Å². The molecular formula is C18H30N2. The second-order valence-corrected chi connectivity index (χ2v) is 6.69. The van der Waals surface area contributed by atoms with Crippen molar-refractivity contribution < 1.29 is 0 Å². The molecule has 2 heteroatoms. The summed E-state index contributed by atoms with van der Waals surface area (Å²) in [6.45, 7) is 10.6. The Morgan fingerprint density at radius 3 is 2.65 bits per heavy atom. The van der Waals surface area contributed by atoms with Crippen molar-refractivity contribution >= 4 is 0 Å². The molecule has 20 heavy (non-hydrogen) atoms. The molecule has 1 aromatic carbocycles. The molecule has 0 amide bonds. The summed E-state index contributed by atoms with van der Waals surface area (Å²) < 4.78 is 0. The van der Waals surface area contributed by atoms with Crippen molar-refractivity contribution in [3.63, 3.8) is 0 Å². The number of nitrogens with one attached hydrogen (secondary N) is 1. The largest absolute Gasteiger partial charge is 0.311 e. The van der Waals surface area contributed by atoms with Gasteiger partial charge in [0, 0.05) is 24.7 Å². The molecule has 0 bridgehead atoms. The van der Waals surface area contributed by atoms with Crippen LogP contribution in [0.15, 0.2) is 30.3 Å². The van der Waals surface area contributed by atoms with Gasteiger partial charge in [-0.2, -0.15) is 0 Å². The van der Waals surface area contributed by atoms with Crippen LogP contribution in [-0.4, -0.2) is 36.1 Å². The summed E-state index contributed by atoms with van der Waals surface area (Å²) in [5, 5.41) is 3.66. The van der Waals surface area contributed by atoms with Crippen molar-refractivity contribution in [1.82, 2.24) is 10.2 Å². The lowest BCUT2D eigenvalue weighted by Crippen LogP contribution is -2.61. The Morgan fingerprint density at radius 1 is 1.20 bits per heavy atom. The van der Waals surface area contributed by atoms with Gasteiger partial charge in [-0.15, -0.1) is 0 Å². The molecule has 1 aliphatic heterocycles. The third-order valence-electron chi connectivity index (χ3n) is 4.60. The van der Waals surface area contributed by atoms with Crippen molar-refractivity contribution in [2.75, 3.05) is 19.6 Å². The number of piperazine rings is 1. The van der Waals surface area contributed by atoms with Gasteiger partial charge in [-0.3, -0.25) is 4.90 Å². The summed E-state index contributed by atoms with van der Waals surface area (Å²) in [4.78, 5) is 2.68. The molecular weight excluding hydrogens is 244 g/mol. The Morgan fingerprint density at radius 2 is 1.95 bits per heavy atom. The number of aryl methyl sites for hydroxylation is 1. The van der Waals surface area contributed by atoms with Gasteiger partial charge in [0.2, 0.25) is 0 Å². The van der Waals surface area contributed by atoms with E-state index in [4.69, 9.17) is 0 Å². The van der Waals surface area contributed by atoms with Crippen LogP contribution in [0.25, 0.3) is 0 Å². The molecule has 2 nitrogen and oxygen atoms in total. The predicted octanol–water partition coefficient (Wildman–Crippen LogP) is 3.47. The molecule has 1 atom stereocenters. The number of hydrogen-bond acceptors (Lipinski definition) is 2. The van der Waals surface area contributed by atoms with Crippen LogP contribution in [0.1, 0.15) is 45.6 Å². The molecule has 1 N–H and O–H groups in total. The monoisotopic (exact) mass is 274 g/mol. The molecule has 0 saturated carbocycles. The number of benzene rings is 1. The maximum Gasteiger partial charge on any atom is 0.0278 e. The Hall–Kier alpha value is -0.860. The Kier molecular flexibility index (Phi) is 5.62. The molecule has 1 unspecified atom stereocenters. The average Bonchev–Trinajstić information content (AvgIpc) is 2.46. The summed E-state index contributed by atoms with van der Waals surface area (Å²) >= 11 is 0. The fraction of sp³-hybridized carbons (Fsp3) is 0.667. The van der Waals surface area contributed by atoms with Crippen molar-refractivity contribution in [1.29, 1.82) is 0 Å². The topological polar surface area (TPSA) is 15.3 Å². The molecule has 1 heterocycles. The van der Waals surface area contributed by atoms with E-state index in [1.54, 1.807) is 0 Å². The van der Waals surface area contributed by atoms with Crippen LogP contribution in [-0.2, 0) is 6.42 Å². The van der Waals surface area contributed by atoms with E-state index in [1.807, 2.05) is 0 Å². The maximum atomic E-state index is 3.66. The lowest BCUT2D eigenvalue weighted by molar-refractivity contribution is 0.0636. The molecule has 2 rings (SSSR count). The first-order valence-electron chi connectivity index (χ1n) is 8.14. The number of unbranched alkanes of at least 4 members (excludes halogenated alkanes) is 1. The predicted molar refractivity (Wildman–Crippen MR) is 87.1 cm³/mol. The minimum Gasteiger partial charge on any atom is -0.311 e. The third-order valence-corrected chi connectivity index (χ3v) is 4.60. The van der Waals surface area contributed by atoms with Gasteiger partial charge in [-0.1, -0.05) is 37.3 Å². The Labute approximate surface area is 124 Å². The van der Waals surface area contributed by atoms with Crippen LogP contribution >= 0.6 is 0 Å². The average molecular weight is 274 g/mol. The summed E-state index contributed by atoms with van der Waals surface area (Å²) in [7, 11) is 0. The minimum atomic E-state index is 0.304. The number of hydrogen-bond donors (Lipinski definition) is 1. The Balaban J connectivity index is 1.74. The van der Waals surface area contributed by atoms with Crippen LogP contribution in [0.2, 0.25) is 0 Å². The highest BCUT2D eigenvalue weighted by Gasteiger charge is 2.32. The van der Waals surface area contributed by atoms with E-state index in [-0.39, 0.29) is 0 Å². The fourth-order valence-electron chi connectivity index (χ4n) is 3.03. The van der Waals surface area contributed by atoms with Crippen molar-refractivity contribution in [3.05, 3.63) is 35.9 Å². The van der Waals surface area contributed by atoms with Gasteiger partial charge in [0.1, 0.15) is 0 Å². The molecule has 1 aromatic rings. The molecule has 0 spiro atoms. The second-order valence-electron chi connectivity index (χ2n) is 6.69. The van der Waals surface area contributed by atoms with Gasteiger partial charge in [0.25, 0.3) is 0 Å². The molecule has 0 aliphatic carbocycles. The molecule has 112 valence electrons. The lowest BCUT2D eigenvalue weighted by Gasteiger charge is -2.46. The zero-order valence-corrected chi connectivity index (χ0v) is 13.4. The highest BCUT2D eigenvalue weighted by Crippen LogP contribution is 2.20. The van der Waals surface area contributed by atoms with E-state index in [1.165, 1.54) is 44.3 Å². The summed E-state index contributed by atoms with van der Waals surface area (Å²) in [5.74, 6) is 0. The van der Waals surface area contributed by atoms with Gasteiger partial charge >= 0.3 is 0 Å². The molecule has 1 saturated heterocycles. The molecule has 1 fully saturated rings. The SMILES string of the molecule is CCC1CN(CCCCc2ccccc2)C(C)(C)CN1. The fourth-order valence-corrected chi connectivity index (χ4v) is 3.03. The lowest BCUT2D eigenvalue weighted by atomic mass is 9.96. The first kappa shape index (κ1) is 15.5. The van der Waals surface area contributed by atoms with Gasteiger partial charge in [-0.05, 0) is 51.6 Å². The Bertz CT molecular complexity index is 386. The van der Waals surface area contributed by atoms with E-state index >= 15 is 0 Å². The van der Waals surface area contributed by atoms with Crippen LogP contribution < -0.4 is 5.32 Å². The standard InChI is InChI=1S/C18H30N2/c1-4-17-14-20(18(2,3)15-19-17)13-9-8-12-16-10-6-5-7-11-16/h5-7,10-11,17,19H,4,8-9,12-15H2,1-3H3. The molecule has 0 radical (unpaired) electrons. The van der Waals surface area contributed by atoms with Crippen LogP contribution in [0.5, 0.6) is 0 Å². The van der Waals surface area contributed by atoms with Crippen LogP contribution in [0, 0.1) is 0 Å². The normalized spacial score (nSPS) is 22.9. The highest BCUT2D eigenvalue weighted by atomic mass is 15.3. The van der Waals surface area contributed by atoms with E-state index in [2.05, 4.69) is 61.3 Å². The van der Waals surface area contributed by atoms with E-state index in [0.29, 0.717) is 11.6 Å². The van der Waals surface area contributed by atoms with Gasteiger partial charge in [0.15, 0.2) is 0 Å². The smallest absolute Gasteiger partial charge is 0.0278 e. The van der Waals surface area contributed by atoms with Crippen molar-refractivity contribution in [2.24, 2.45) is 0 Å². The van der Waals surface area contributed by atoms with E-state index in [0.717, 1.165) is 6.54 Å². The summed E-state index contributed by atoms with van der Waals surface area (Å²) in [6.07, 6.45) is 5.04. The summed E-state index contributed by atoms with van der Waals surface area (Å²) in [6, 6.07) is 11.5. The third kappa shape index (κ3) is 4.32. The van der Waals surface area contributed by atoms with Crippen molar-refractivity contribution in [3.8, 4) is 0 Å². The first-order valence-corrected chi connectivity index (χ1v) is 8.14. The van der Waals surface area contributed by atoms with E-state index < -0.39 is 0 Å². The zero-order valence-electron chi connectivity index (χ0n) is 13.4. The maximum absolute atomic E-state index is 3.66. The van der Waals surface area contributed by atoms with Gasteiger partial charge in [-0.25, -0.2) is 0 Å². The molecule has 0 aromatic heterocycles. The highest BCUT2D eigenvalue weighted by molar-refractivity contribution is 5.14. The molecule has 1 aliphatic rings. The quantitative estimate of drug-likeness (QED) is 0.799. The van der Waals surface area contributed by atoms with Gasteiger partial charge < -0.3 is 5.32 Å². The number of nitrogens with zero attached hydrogens (tertiary/aromatic N) is 1. The van der Waals surface area contributed by atoms with Crippen molar-refractivity contribution in [2.45, 2.75) is 58.0 Å². The van der Waals surface area contributed by atoms with Gasteiger partial charge in [0.05, 0.1) is 0 Å². The summed E-state index contributed by atoms with van der Waals surface area (Å²) in [5.41, 5.74) is 1.77. The van der Waals surface area contributed by atoms with E-state index in [9.17, 15) is 0 Å². The minimum absolute atomic E-state index is 0.304. The second kappa shape index (κ2) is 7.24. The first-order chi connectivity index (χ1) is 9.62. The van der Waals surface area contributed by atoms with Crippen LogP contribution in [0.4, 0.5) is 0 Å². The zero-order chi connectivity index (χ0) is 14.4.